The largest absolute Gasteiger partial charge is 0.339 e. The van der Waals surface area contributed by atoms with Gasteiger partial charge in [0.2, 0.25) is 22.8 Å². The van der Waals surface area contributed by atoms with E-state index < -0.39 is 0 Å². The molecule has 9 heteroatoms. The van der Waals surface area contributed by atoms with Gasteiger partial charge in [-0.1, -0.05) is 29.5 Å². The van der Waals surface area contributed by atoms with Crippen LogP contribution in [0.25, 0.3) is 11.5 Å². The highest BCUT2D eigenvalue weighted by Gasteiger charge is 2.12. The third kappa shape index (κ3) is 4.19. The molecule has 0 spiro atoms. The zero-order valence-electron chi connectivity index (χ0n) is 13.1. The van der Waals surface area contributed by atoms with Gasteiger partial charge in [0.25, 0.3) is 0 Å². The molecular weight excluding hydrogens is 328 g/mol. The molecule has 3 aromatic heterocycles. The zero-order valence-corrected chi connectivity index (χ0v) is 13.9. The third-order valence-corrected chi connectivity index (χ3v) is 4.00. The maximum Gasteiger partial charge on any atom is 0.227 e. The normalized spacial score (nSPS) is 10.7. The van der Waals surface area contributed by atoms with E-state index in [1.165, 1.54) is 11.3 Å². The first-order valence-corrected chi connectivity index (χ1v) is 8.42. The molecule has 0 unspecified atom stereocenters. The molecule has 3 aromatic rings. The monoisotopic (exact) mass is 344 g/mol. The highest BCUT2D eigenvalue weighted by atomic mass is 32.1. The summed E-state index contributed by atoms with van der Waals surface area (Å²) in [5.74, 6) is 0.654. The molecule has 0 aliphatic rings. The Kier molecular flexibility index (Phi) is 5.22. The van der Waals surface area contributed by atoms with Crippen LogP contribution in [0.3, 0.4) is 0 Å². The van der Waals surface area contributed by atoms with Crippen LogP contribution in [0.2, 0.25) is 0 Å². The van der Waals surface area contributed by atoms with Crippen LogP contribution in [-0.2, 0) is 17.6 Å². The van der Waals surface area contributed by atoms with Crippen LogP contribution < -0.4 is 5.32 Å². The van der Waals surface area contributed by atoms with Crippen molar-refractivity contribution in [3.8, 4) is 11.5 Å². The molecule has 0 aromatic carbocycles. The van der Waals surface area contributed by atoms with Crippen molar-refractivity contribution in [3.63, 3.8) is 0 Å². The quantitative estimate of drug-likeness (QED) is 0.701. The van der Waals surface area contributed by atoms with Gasteiger partial charge in [0.15, 0.2) is 0 Å². The van der Waals surface area contributed by atoms with Crippen molar-refractivity contribution in [1.82, 2.24) is 25.3 Å². The van der Waals surface area contributed by atoms with Gasteiger partial charge in [0.05, 0.1) is 0 Å². The van der Waals surface area contributed by atoms with Crippen molar-refractivity contribution in [1.29, 1.82) is 0 Å². The molecule has 0 bridgehead atoms. The smallest absolute Gasteiger partial charge is 0.227 e. The Morgan fingerprint density at radius 3 is 3.00 bits per heavy atom. The SMILES string of the molecule is CCCc1nnc(NC(=O)CCc2nc(-c3ccccn3)no2)s1. The first-order chi connectivity index (χ1) is 11.7. The molecule has 0 fully saturated rings. The summed E-state index contributed by atoms with van der Waals surface area (Å²) in [6.07, 6.45) is 4.11. The summed E-state index contributed by atoms with van der Waals surface area (Å²) < 4.78 is 5.15. The van der Waals surface area contributed by atoms with E-state index in [2.05, 4.69) is 37.6 Å². The van der Waals surface area contributed by atoms with E-state index in [1.807, 2.05) is 12.1 Å². The number of aryl methyl sites for hydroxylation is 2. The Bertz CT molecular complexity index is 801. The molecular formula is C15H16N6O2S. The van der Waals surface area contributed by atoms with Gasteiger partial charge >= 0.3 is 0 Å². The molecule has 124 valence electrons. The first-order valence-electron chi connectivity index (χ1n) is 7.61. The molecule has 0 aliphatic carbocycles. The van der Waals surface area contributed by atoms with E-state index in [0.717, 1.165) is 17.8 Å². The first kappa shape index (κ1) is 16.2. The van der Waals surface area contributed by atoms with Crippen molar-refractivity contribution < 1.29 is 9.32 Å². The van der Waals surface area contributed by atoms with Crippen LogP contribution >= 0.6 is 11.3 Å². The molecule has 0 saturated heterocycles. The van der Waals surface area contributed by atoms with Gasteiger partial charge in [0.1, 0.15) is 10.7 Å². The van der Waals surface area contributed by atoms with Crippen LogP contribution in [0.5, 0.6) is 0 Å². The topological polar surface area (TPSA) is 107 Å². The lowest BCUT2D eigenvalue weighted by Crippen LogP contribution is -2.12. The number of anilines is 1. The van der Waals surface area contributed by atoms with E-state index >= 15 is 0 Å². The predicted molar refractivity (Wildman–Crippen MR) is 88.4 cm³/mol. The second-order valence-electron chi connectivity index (χ2n) is 5.03. The second-order valence-corrected chi connectivity index (χ2v) is 6.09. The molecule has 3 heterocycles. The molecule has 0 aliphatic heterocycles. The van der Waals surface area contributed by atoms with Crippen LogP contribution in [-0.4, -0.2) is 31.2 Å². The van der Waals surface area contributed by atoms with Crippen LogP contribution in [0.4, 0.5) is 5.13 Å². The van der Waals surface area contributed by atoms with E-state index in [4.69, 9.17) is 4.52 Å². The number of aromatic nitrogens is 5. The summed E-state index contributed by atoms with van der Waals surface area (Å²) in [7, 11) is 0. The number of carbonyl (C=O) groups is 1. The van der Waals surface area contributed by atoms with E-state index in [0.29, 0.717) is 29.0 Å². The fraction of sp³-hybridized carbons (Fsp3) is 0.333. The fourth-order valence-electron chi connectivity index (χ4n) is 1.98. The number of nitrogens with one attached hydrogen (secondary N) is 1. The Balaban J connectivity index is 1.52. The van der Waals surface area contributed by atoms with Crippen LogP contribution in [0.15, 0.2) is 28.9 Å². The minimum atomic E-state index is -0.160. The summed E-state index contributed by atoms with van der Waals surface area (Å²) in [6.45, 7) is 2.07. The number of rotatable bonds is 7. The Hall–Kier alpha value is -2.68. The summed E-state index contributed by atoms with van der Waals surface area (Å²) >= 11 is 1.40. The number of nitrogens with zero attached hydrogens (tertiary/aromatic N) is 5. The predicted octanol–water partition coefficient (Wildman–Crippen LogP) is 2.51. The molecule has 0 saturated carbocycles. The van der Waals surface area contributed by atoms with Gasteiger partial charge in [0, 0.05) is 25.5 Å². The number of pyridine rings is 1. The average molecular weight is 344 g/mol. The van der Waals surface area contributed by atoms with Gasteiger partial charge < -0.3 is 9.84 Å². The summed E-state index contributed by atoms with van der Waals surface area (Å²) in [6, 6.07) is 5.46. The lowest BCUT2D eigenvalue weighted by atomic mass is 10.3. The van der Waals surface area contributed by atoms with E-state index in [-0.39, 0.29) is 12.3 Å². The molecule has 3 rings (SSSR count). The van der Waals surface area contributed by atoms with Crippen molar-refractivity contribution >= 4 is 22.4 Å². The van der Waals surface area contributed by atoms with E-state index in [9.17, 15) is 4.79 Å². The minimum Gasteiger partial charge on any atom is -0.339 e. The average Bonchev–Trinajstić information content (AvgIpc) is 3.24. The minimum absolute atomic E-state index is 0.160. The van der Waals surface area contributed by atoms with Crippen molar-refractivity contribution in [3.05, 3.63) is 35.3 Å². The van der Waals surface area contributed by atoms with E-state index in [1.54, 1.807) is 12.3 Å². The van der Waals surface area contributed by atoms with Crippen molar-refractivity contribution in [2.45, 2.75) is 32.6 Å². The second kappa shape index (κ2) is 7.73. The van der Waals surface area contributed by atoms with Crippen LogP contribution in [0.1, 0.15) is 30.7 Å². The summed E-state index contributed by atoms with van der Waals surface area (Å²) in [4.78, 5) is 20.4. The standard InChI is InChI=1S/C15H16N6O2S/c1-2-5-13-19-20-15(24-13)17-11(22)7-8-12-18-14(21-23-12)10-6-3-4-9-16-10/h3-4,6,9H,2,5,7-8H2,1H3,(H,17,20,22). The van der Waals surface area contributed by atoms with Gasteiger partial charge in [-0.2, -0.15) is 4.98 Å². The molecule has 1 amide bonds. The maximum absolute atomic E-state index is 12.0. The number of carbonyl (C=O) groups excluding carboxylic acids is 1. The Morgan fingerprint density at radius 2 is 2.21 bits per heavy atom. The van der Waals surface area contributed by atoms with Gasteiger partial charge in [-0.25, -0.2) is 0 Å². The Morgan fingerprint density at radius 1 is 1.29 bits per heavy atom. The molecule has 8 nitrogen and oxygen atoms in total. The summed E-state index contributed by atoms with van der Waals surface area (Å²) in [5, 5.41) is 16.0. The number of hydrogen-bond donors (Lipinski definition) is 1. The van der Waals surface area contributed by atoms with Gasteiger partial charge in [-0.15, -0.1) is 10.2 Å². The number of hydrogen-bond acceptors (Lipinski definition) is 8. The molecule has 0 radical (unpaired) electrons. The highest BCUT2D eigenvalue weighted by molar-refractivity contribution is 7.15. The highest BCUT2D eigenvalue weighted by Crippen LogP contribution is 2.17. The van der Waals surface area contributed by atoms with Gasteiger partial charge in [-0.05, 0) is 18.6 Å². The van der Waals surface area contributed by atoms with Crippen molar-refractivity contribution in [2.24, 2.45) is 0 Å². The van der Waals surface area contributed by atoms with Gasteiger partial charge in [-0.3, -0.25) is 9.78 Å². The maximum atomic E-state index is 12.0. The summed E-state index contributed by atoms with van der Waals surface area (Å²) in [5.41, 5.74) is 0.634. The lowest BCUT2D eigenvalue weighted by Gasteiger charge is -1.98. The zero-order chi connectivity index (χ0) is 16.8. The molecule has 1 N–H and O–H groups in total. The van der Waals surface area contributed by atoms with Crippen LogP contribution in [0, 0.1) is 0 Å². The number of amides is 1. The molecule has 24 heavy (non-hydrogen) atoms. The molecule has 0 atom stereocenters. The van der Waals surface area contributed by atoms with Crippen molar-refractivity contribution in [2.75, 3.05) is 5.32 Å². The Labute approximate surface area is 142 Å². The lowest BCUT2D eigenvalue weighted by molar-refractivity contribution is -0.116. The third-order valence-electron chi connectivity index (χ3n) is 3.11. The fourth-order valence-corrected chi connectivity index (χ4v) is 2.83.